The molecule has 0 spiro atoms. The number of sulfonamides is 1. The van der Waals surface area contributed by atoms with E-state index in [2.05, 4.69) is 5.32 Å². The van der Waals surface area contributed by atoms with Gasteiger partial charge in [0.15, 0.2) is 0 Å². The summed E-state index contributed by atoms with van der Waals surface area (Å²) >= 11 is 18.7. The van der Waals surface area contributed by atoms with Gasteiger partial charge in [0.05, 0.1) is 20.6 Å². The van der Waals surface area contributed by atoms with Crippen molar-refractivity contribution < 1.29 is 18.0 Å². The van der Waals surface area contributed by atoms with Crippen molar-refractivity contribution >= 4 is 62.3 Å². The zero-order valence-electron chi connectivity index (χ0n) is 21.8. The Labute approximate surface area is 244 Å². The van der Waals surface area contributed by atoms with Crippen LogP contribution >= 0.6 is 34.8 Å². The Morgan fingerprint density at radius 3 is 2.10 bits per heavy atom. The molecule has 0 fully saturated rings. The van der Waals surface area contributed by atoms with Gasteiger partial charge >= 0.3 is 0 Å². The minimum atomic E-state index is -4.21. The summed E-state index contributed by atoms with van der Waals surface area (Å²) < 4.78 is 28.6. The van der Waals surface area contributed by atoms with Crippen LogP contribution in [0.1, 0.15) is 32.8 Å². The summed E-state index contributed by atoms with van der Waals surface area (Å²) in [6, 6.07) is 18.0. The van der Waals surface area contributed by atoms with E-state index >= 15 is 0 Å². The van der Waals surface area contributed by atoms with Gasteiger partial charge in [-0.15, -0.1) is 0 Å². The van der Waals surface area contributed by atoms with Gasteiger partial charge in [0.25, 0.3) is 10.0 Å². The van der Waals surface area contributed by atoms with Gasteiger partial charge in [0.1, 0.15) is 12.6 Å². The van der Waals surface area contributed by atoms with Gasteiger partial charge in [-0.3, -0.25) is 13.9 Å². The number of benzene rings is 3. The highest BCUT2D eigenvalue weighted by Crippen LogP contribution is 2.31. The van der Waals surface area contributed by atoms with Crippen LogP contribution in [0.5, 0.6) is 0 Å². The number of halogens is 3. The fraction of sp³-hybridized carbons (Fsp3) is 0.286. The average molecular weight is 611 g/mol. The van der Waals surface area contributed by atoms with E-state index in [1.54, 1.807) is 49.4 Å². The van der Waals surface area contributed by atoms with Gasteiger partial charge in [0.2, 0.25) is 11.8 Å². The van der Waals surface area contributed by atoms with Crippen LogP contribution in [0.4, 0.5) is 5.69 Å². The molecule has 3 aromatic carbocycles. The number of nitrogens with one attached hydrogen (secondary N) is 1. The Balaban J connectivity index is 2.09. The Kier molecular flexibility index (Phi) is 10.7. The molecule has 0 unspecified atom stereocenters. The molecule has 0 saturated carbocycles. The molecule has 0 aliphatic carbocycles. The minimum absolute atomic E-state index is 0.00310. The first-order valence-corrected chi connectivity index (χ1v) is 14.9. The number of anilines is 1. The number of nitrogens with zero attached hydrogens (tertiary/aromatic N) is 2. The van der Waals surface area contributed by atoms with Crippen molar-refractivity contribution in [3.05, 3.63) is 93.4 Å². The maximum Gasteiger partial charge on any atom is 0.264 e. The van der Waals surface area contributed by atoms with Crippen molar-refractivity contribution in [2.45, 2.75) is 50.7 Å². The molecule has 1 N–H and O–H groups in total. The molecule has 7 nitrogen and oxygen atoms in total. The maximum atomic E-state index is 14.0. The number of amides is 2. The standard InChI is InChI=1S/C28H30Cl3N3O4S/c1-4-26(28(36)32-19(2)3)33(17-20-10-8-9-13-23(20)29)27(35)18-34(21-14-15-24(30)25(31)16-21)39(37,38)22-11-6-5-7-12-22/h5-16,19,26H,4,17-18H2,1-3H3,(H,32,36)/t26-/m1/s1. The normalized spacial score (nSPS) is 12.2. The number of carbonyl (C=O) groups excluding carboxylic acids is 2. The van der Waals surface area contributed by atoms with Crippen LogP contribution in [0.15, 0.2) is 77.7 Å². The van der Waals surface area contributed by atoms with Crippen LogP contribution in [-0.4, -0.2) is 43.8 Å². The van der Waals surface area contributed by atoms with Gasteiger partial charge in [0, 0.05) is 17.6 Å². The topological polar surface area (TPSA) is 86.8 Å². The summed E-state index contributed by atoms with van der Waals surface area (Å²) in [7, 11) is -4.21. The van der Waals surface area contributed by atoms with Crippen LogP contribution in [0.25, 0.3) is 0 Å². The monoisotopic (exact) mass is 609 g/mol. The van der Waals surface area contributed by atoms with Gasteiger partial charge in [-0.25, -0.2) is 8.42 Å². The van der Waals surface area contributed by atoms with Crippen molar-refractivity contribution in [1.82, 2.24) is 10.2 Å². The molecule has 208 valence electrons. The number of hydrogen-bond donors (Lipinski definition) is 1. The largest absolute Gasteiger partial charge is 0.352 e. The third kappa shape index (κ3) is 7.66. The van der Waals surface area contributed by atoms with E-state index in [9.17, 15) is 18.0 Å². The number of carbonyl (C=O) groups is 2. The van der Waals surface area contributed by atoms with E-state index in [4.69, 9.17) is 34.8 Å². The highest BCUT2D eigenvalue weighted by atomic mass is 35.5. The third-order valence-corrected chi connectivity index (χ3v) is 8.81. The van der Waals surface area contributed by atoms with Gasteiger partial charge in [-0.1, -0.05) is 78.1 Å². The lowest BCUT2D eigenvalue weighted by molar-refractivity contribution is -0.140. The number of hydrogen-bond acceptors (Lipinski definition) is 4. The lowest BCUT2D eigenvalue weighted by atomic mass is 10.1. The lowest BCUT2D eigenvalue weighted by Crippen LogP contribution is -2.53. The van der Waals surface area contributed by atoms with Crippen molar-refractivity contribution in [3.63, 3.8) is 0 Å². The first-order valence-electron chi connectivity index (χ1n) is 12.3. The summed E-state index contributed by atoms with van der Waals surface area (Å²) in [5.41, 5.74) is 0.772. The molecule has 0 aromatic heterocycles. The summed E-state index contributed by atoms with van der Waals surface area (Å²) in [6.45, 7) is 4.84. The molecule has 3 aromatic rings. The predicted molar refractivity (Wildman–Crippen MR) is 157 cm³/mol. The quantitative estimate of drug-likeness (QED) is 0.281. The van der Waals surface area contributed by atoms with Gasteiger partial charge in [-0.2, -0.15) is 0 Å². The molecule has 0 aliphatic heterocycles. The molecular weight excluding hydrogens is 581 g/mol. The zero-order valence-corrected chi connectivity index (χ0v) is 24.9. The first-order chi connectivity index (χ1) is 18.4. The average Bonchev–Trinajstić information content (AvgIpc) is 2.89. The summed E-state index contributed by atoms with van der Waals surface area (Å²) in [6.07, 6.45) is 0.299. The Hall–Kier alpha value is -2.78. The van der Waals surface area contributed by atoms with E-state index < -0.39 is 28.5 Å². The zero-order chi connectivity index (χ0) is 28.7. The molecular formula is C28H30Cl3N3O4S. The van der Waals surface area contributed by atoms with E-state index in [1.165, 1.54) is 35.2 Å². The highest BCUT2D eigenvalue weighted by molar-refractivity contribution is 7.92. The number of rotatable bonds is 11. The van der Waals surface area contributed by atoms with Crippen LogP contribution in [0.3, 0.4) is 0 Å². The minimum Gasteiger partial charge on any atom is -0.352 e. The molecule has 0 radical (unpaired) electrons. The van der Waals surface area contributed by atoms with Gasteiger partial charge in [-0.05, 0) is 62.2 Å². The van der Waals surface area contributed by atoms with Crippen LogP contribution in [0.2, 0.25) is 15.1 Å². The summed E-state index contributed by atoms with van der Waals surface area (Å²) in [5.74, 6) is -0.939. The van der Waals surface area contributed by atoms with E-state index in [-0.39, 0.29) is 39.1 Å². The fourth-order valence-corrected chi connectivity index (χ4v) is 5.91. The van der Waals surface area contributed by atoms with Crippen molar-refractivity contribution in [2.24, 2.45) is 0 Å². The molecule has 0 saturated heterocycles. The molecule has 0 aliphatic rings. The molecule has 11 heteroatoms. The molecule has 3 rings (SSSR count). The Bertz CT molecular complexity index is 1420. The van der Waals surface area contributed by atoms with Crippen LogP contribution in [0, 0.1) is 0 Å². The van der Waals surface area contributed by atoms with Crippen LogP contribution < -0.4 is 9.62 Å². The smallest absolute Gasteiger partial charge is 0.264 e. The Morgan fingerprint density at radius 1 is 0.872 bits per heavy atom. The molecule has 2 amide bonds. The fourth-order valence-electron chi connectivity index (χ4n) is 4.00. The third-order valence-electron chi connectivity index (χ3n) is 5.92. The second kappa shape index (κ2) is 13.5. The molecule has 39 heavy (non-hydrogen) atoms. The summed E-state index contributed by atoms with van der Waals surface area (Å²) in [4.78, 5) is 28.5. The van der Waals surface area contributed by atoms with Gasteiger partial charge < -0.3 is 10.2 Å². The SMILES string of the molecule is CC[C@H](C(=O)NC(C)C)N(Cc1ccccc1Cl)C(=O)CN(c1ccc(Cl)c(Cl)c1)S(=O)(=O)c1ccccc1. The highest BCUT2D eigenvalue weighted by Gasteiger charge is 2.34. The first kappa shape index (κ1) is 30.8. The summed E-state index contributed by atoms with van der Waals surface area (Å²) in [5, 5.41) is 3.65. The van der Waals surface area contributed by atoms with E-state index in [0.717, 1.165) is 4.31 Å². The second-order valence-electron chi connectivity index (χ2n) is 9.12. The Morgan fingerprint density at radius 2 is 1.51 bits per heavy atom. The molecule has 1 atom stereocenters. The van der Waals surface area contributed by atoms with Crippen molar-refractivity contribution in [1.29, 1.82) is 0 Å². The van der Waals surface area contributed by atoms with Crippen LogP contribution in [-0.2, 0) is 26.2 Å². The predicted octanol–water partition coefficient (Wildman–Crippen LogP) is 6.17. The van der Waals surface area contributed by atoms with E-state index in [1.807, 2.05) is 13.8 Å². The lowest BCUT2D eigenvalue weighted by Gasteiger charge is -2.33. The van der Waals surface area contributed by atoms with Crippen molar-refractivity contribution in [3.8, 4) is 0 Å². The van der Waals surface area contributed by atoms with E-state index in [0.29, 0.717) is 17.0 Å². The maximum absolute atomic E-state index is 14.0. The second-order valence-corrected chi connectivity index (χ2v) is 12.2. The van der Waals surface area contributed by atoms with Crippen molar-refractivity contribution in [2.75, 3.05) is 10.8 Å². The molecule has 0 bridgehead atoms. The molecule has 0 heterocycles.